The smallest absolute Gasteiger partial charge is 0.305 e. The van der Waals surface area contributed by atoms with E-state index in [0.29, 0.717) is 0 Å². The van der Waals surface area contributed by atoms with Crippen LogP contribution < -0.4 is 0 Å². The van der Waals surface area contributed by atoms with Crippen LogP contribution in [0.4, 0.5) is 0 Å². The third kappa shape index (κ3) is 5.32. The highest BCUT2D eigenvalue weighted by atomic mass is 16.8. The Morgan fingerprint density at radius 3 is 1.73 bits per heavy atom. The van der Waals surface area contributed by atoms with Gasteiger partial charge in [0.15, 0.2) is 6.10 Å². The van der Waals surface area contributed by atoms with E-state index in [1.165, 1.54) is 6.92 Å². The molecule has 0 aromatic carbocycles. The maximum atomic E-state index is 11.2. The minimum Gasteiger partial charge on any atom is -0.463 e. The van der Waals surface area contributed by atoms with Gasteiger partial charge in [0, 0.05) is 27.7 Å². The van der Waals surface area contributed by atoms with Crippen molar-refractivity contribution in [1.29, 1.82) is 0 Å². The summed E-state index contributed by atoms with van der Waals surface area (Å²) in [6.45, 7) is 4.40. The Morgan fingerprint density at radius 1 is 0.773 bits per heavy atom. The summed E-state index contributed by atoms with van der Waals surface area (Å²) in [4.78, 5) is 44.4. The van der Waals surface area contributed by atoms with Gasteiger partial charge in [-0.25, -0.2) is 0 Å². The van der Waals surface area contributed by atoms with Crippen molar-refractivity contribution < 1.29 is 42.9 Å². The van der Waals surface area contributed by atoms with Gasteiger partial charge in [-0.1, -0.05) is 0 Å². The summed E-state index contributed by atoms with van der Waals surface area (Å²) in [5.74, 6) is -2.56. The van der Waals surface area contributed by atoms with Crippen molar-refractivity contribution >= 4 is 23.9 Å². The van der Waals surface area contributed by atoms with E-state index in [2.05, 4.69) is 0 Å². The van der Waals surface area contributed by atoms with Crippen molar-refractivity contribution in [3.05, 3.63) is 0 Å². The topological polar surface area (TPSA) is 114 Å². The number of carbonyl (C=O) groups excluding carboxylic acids is 4. The van der Waals surface area contributed by atoms with E-state index in [1.807, 2.05) is 0 Å². The molecule has 4 atom stereocenters. The molecule has 1 rings (SSSR count). The molecule has 9 heteroatoms. The summed E-state index contributed by atoms with van der Waals surface area (Å²) >= 11 is 0. The van der Waals surface area contributed by atoms with Crippen molar-refractivity contribution in [3.63, 3.8) is 0 Å². The molecular weight excluding hydrogens is 300 g/mol. The zero-order chi connectivity index (χ0) is 16.9. The summed E-state index contributed by atoms with van der Waals surface area (Å²) in [6, 6.07) is 0. The first-order valence-electron chi connectivity index (χ1n) is 6.51. The number of hydrogen-bond acceptors (Lipinski definition) is 9. The Hall–Kier alpha value is -2.16. The van der Waals surface area contributed by atoms with Gasteiger partial charge < -0.3 is 23.7 Å². The summed E-state index contributed by atoms with van der Waals surface area (Å²) in [5.41, 5.74) is 0. The third-order valence-electron chi connectivity index (χ3n) is 2.60. The van der Waals surface area contributed by atoms with E-state index >= 15 is 0 Å². The highest BCUT2D eigenvalue weighted by molar-refractivity contribution is 5.68. The van der Waals surface area contributed by atoms with Gasteiger partial charge in [-0.15, -0.1) is 0 Å². The highest BCUT2D eigenvalue weighted by Gasteiger charge is 2.51. The largest absolute Gasteiger partial charge is 0.463 e. The molecule has 1 saturated heterocycles. The van der Waals surface area contributed by atoms with Gasteiger partial charge in [-0.3, -0.25) is 19.2 Å². The van der Waals surface area contributed by atoms with Crippen molar-refractivity contribution in [2.45, 2.75) is 52.3 Å². The quantitative estimate of drug-likeness (QED) is 0.497. The Morgan fingerprint density at radius 2 is 1.27 bits per heavy atom. The zero-order valence-electron chi connectivity index (χ0n) is 12.7. The molecular formula is C13H18O9. The maximum Gasteiger partial charge on any atom is 0.305 e. The summed E-state index contributed by atoms with van der Waals surface area (Å²) in [5, 5.41) is 0. The summed E-state index contributed by atoms with van der Waals surface area (Å²) in [6.07, 6.45) is -4.40. The molecule has 0 unspecified atom stereocenters. The lowest BCUT2D eigenvalue weighted by Gasteiger charge is -2.22. The van der Waals surface area contributed by atoms with E-state index in [9.17, 15) is 19.2 Å². The normalized spacial score (nSPS) is 26.9. The maximum absolute atomic E-state index is 11.2. The fourth-order valence-corrected chi connectivity index (χ4v) is 1.93. The number of ether oxygens (including phenoxy) is 5. The van der Waals surface area contributed by atoms with Crippen molar-refractivity contribution in [1.82, 2.24) is 0 Å². The van der Waals surface area contributed by atoms with Crippen LogP contribution in [0.2, 0.25) is 0 Å². The van der Waals surface area contributed by atoms with Crippen molar-refractivity contribution in [2.75, 3.05) is 6.61 Å². The average Bonchev–Trinajstić information content (AvgIpc) is 2.63. The minimum absolute atomic E-state index is 0.247. The molecule has 124 valence electrons. The van der Waals surface area contributed by atoms with E-state index in [-0.39, 0.29) is 6.61 Å². The molecule has 22 heavy (non-hydrogen) atoms. The van der Waals surface area contributed by atoms with Crippen LogP contribution >= 0.6 is 0 Å². The SMILES string of the molecule is CC(=O)OC[C@@H]1O[C@@H](OC(C)=O)[C@@H](OC(C)=O)[C@@H]1OC(C)=O. The molecule has 0 saturated carbocycles. The molecule has 0 N–H and O–H groups in total. The molecule has 0 bridgehead atoms. The summed E-state index contributed by atoms with van der Waals surface area (Å²) in [7, 11) is 0. The second kappa shape index (κ2) is 7.74. The Balaban J connectivity index is 2.94. The third-order valence-corrected chi connectivity index (χ3v) is 2.60. The number of esters is 4. The number of rotatable bonds is 5. The summed E-state index contributed by atoms with van der Waals surface area (Å²) < 4.78 is 25.2. The predicted octanol–water partition coefficient (Wildman–Crippen LogP) is -0.299. The molecule has 1 aliphatic rings. The van der Waals surface area contributed by atoms with E-state index in [4.69, 9.17) is 23.7 Å². The van der Waals surface area contributed by atoms with Crippen LogP contribution in [0, 0.1) is 0 Å². The molecule has 1 aliphatic heterocycles. The lowest BCUT2D eigenvalue weighted by molar-refractivity contribution is -0.197. The van der Waals surface area contributed by atoms with Gasteiger partial charge in [-0.05, 0) is 0 Å². The first-order chi connectivity index (χ1) is 10.2. The van der Waals surface area contributed by atoms with Gasteiger partial charge in [0.25, 0.3) is 0 Å². The minimum atomic E-state index is -1.26. The monoisotopic (exact) mass is 318 g/mol. The fraction of sp³-hybridized carbons (Fsp3) is 0.692. The van der Waals surface area contributed by atoms with Crippen LogP contribution in [0.1, 0.15) is 27.7 Å². The van der Waals surface area contributed by atoms with Crippen LogP contribution in [0.15, 0.2) is 0 Å². The van der Waals surface area contributed by atoms with E-state index in [0.717, 1.165) is 20.8 Å². The van der Waals surface area contributed by atoms with Gasteiger partial charge in [0.05, 0.1) is 0 Å². The molecule has 1 heterocycles. The van der Waals surface area contributed by atoms with Crippen LogP contribution in [-0.2, 0) is 42.9 Å². The molecule has 9 nitrogen and oxygen atoms in total. The van der Waals surface area contributed by atoms with Gasteiger partial charge >= 0.3 is 23.9 Å². The lowest BCUT2D eigenvalue weighted by Crippen LogP contribution is -2.42. The second-order valence-electron chi connectivity index (χ2n) is 4.60. The van der Waals surface area contributed by atoms with Gasteiger partial charge in [0.2, 0.25) is 12.4 Å². The van der Waals surface area contributed by atoms with Crippen LogP contribution in [0.5, 0.6) is 0 Å². The second-order valence-corrected chi connectivity index (χ2v) is 4.60. The predicted molar refractivity (Wildman–Crippen MR) is 68.2 cm³/mol. The van der Waals surface area contributed by atoms with E-state index in [1.54, 1.807) is 0 Å². The zero-order valence-corrected chi connectivity index (χ0v) is 12.7. The Kier molecular flexibility index (Phi) is 6.29. The molecule has 0 radical (unpaired) electrons. The van der Waals surface area contributed by atoms with Crippen molar-refractivity contribution in [3.8, 4) is 0 Å². The molecule has 0 amide bonds. The lowest BCUT2D eigenvalue weighted by atomic mass is 10.1. The van der Waals surface area contributed by atoms with Gasteiger partial charge in [0.1, 0.15) is 12.7 Å². The Labute approximate surface area is 126 Å². The standard InChI is InChI=1S/C13H18O9/c1-6(14)18-5-10-11(19-7(2)15)12(20-8(3)16)13(22-10)21-9(4)17/h10-13H,5H2,1-4H3/t10-,11+,12-,13+/m0/s1. The van der Waals surface area contributed by atoms with Crippen LogP contribution in [0.3, 0.4) is 0 Å². The molecule has 0 spiro atoms. The Bertz CT molecular complexity index is 458. The fourth-order valence-electron chi connectivity index (χ4n) is 1.93. The molecule has 1 fully saturated rings. The average molecular weight is 318 g/mol. The van der Waals surface area contributed by atoms with E-state index < -0.39 is 48.5 Å². The highest BCUT2D eigenvalue weighted by Crippen LogP contribution is 2.28. The first kappa shape index (κ1) is 17.9. The van der Waals surface area contributed by atoms with Crippen LogP contribution in [0.25, 0.3) is 0 Å². The van der Waals surface area contributed by atoms with Crippen molar-refractivity contribution in [2.24, 2.45) is 0 Å². The number of hydrogen-bond donors (Lipinski definition) is 0. The molecule has 0 aliphatic carbocycles. The number of carbonyl (C=O) groups is 4. The van der Waals surface area contributed by atoms with Gasteiger partial charge in [-0.2, -0.15) is 0 Å². The molecule has 0 aromatic heterocycles. The first-order valence-corrected chi connectivity index (χ1v) is 6.51. The van der Waals surface area contributed by atoms with Crippen LogP contribution in [-0.4, -0.2) is 55.1 Å². The molecule has 0 aromatic rings.